The summed E-state index contributed by atoms with van der Waals surface area (Å²) in [6.07, 6.45) is 0.191. The molecule has 0 aromatic carbocycles. The first kappa shape index (κ1) is 12.4. The first-order chi connectivity index (χ1) is 5.75. The van der Waals surface area contributed by atoms with Gasteiger partial charge in [-0.05, 0) is 26.8 Å². The van der Waals surface area contributed by atoms with Crippen LogP contribution in [-0.4, -0.2) is 35.1 Å². The molecule has 0 aromatic heterocycles. The van der Waals surface area contributed by atoms with E-state index in [2.05, 4.69) is 18.7 Å². The molecule has 0 unspecified atom stereocenters. The lowest BCUT2D eigenvalue weighted by molar-refractivity contribution is -0.139. The fraction of sp³-hybridized carbons (Fsp3) is 0.900. The lowest BCUT2D eigenvalue weighted by Crippen LogP contribution is -2.44. The van der Waals surface area contributed by atoms with E-state index in [0.29, 0.717) is 5.92 Å². The van der Waals surface area contributed by atoms with Gasteiger partial charge in [-0.25, -0.2) is 0 Å². The zero-order chi connectivity index (χ0) is 10.6. The van der Waals surface area contributed by atoms with Crippen LogP contribution in [0.5, 0.6) is 0 Å². The number of carboxylic acid groups (broad SMARTS) is 1. The smallest absolute Gasteiger partial charge is 0.305 e. The summed E-state index contributed by atoms with van der Waals surface area (Å²) in [5, 5.41) is 8.71. The third-order valence-corrected chi connectivity index (χ3v) is 2.26. The highest BCUT2D eigenvalue weighted by molar-refractivity contribution is 5.68. The van der Waals surface area contributed by atoms with Crippen LogP contribution in [0.25, 0.3) is 0 Å². The van der Waals surface area contributed by atoms with E-state index in [1.807, 2.05) is 20.9 Å². The number of hydrogen-bond donors (Lipinski definition) is 1. The molecule has 0 fully saturated rings. The summed E-state index contributed by atoms with van der Waals surface area (Å²) in [6, 6.07) is 0. The predicted molar refractivity (Wildman–Crippen MR) is 53.8 cm³/mol. The third-order valence-electron chi connectivity index (χ3n) is 2.26. The third kappa shape index (κ3) is 4.88. The predicted octanol–water partition coefficient (Wildman–Crippen LogP) is 1.83. The Morgan fingerprint density at radius 2 is 1.92 bits per heavy atom. The fourth-order valence-corrected chi connectivity index (χ4v) is 1.30. The molecule has 0 aliphatic carbocycles. The van der Waals surface area contributed by atoms with Gasteiger partial charge >= 0.3 is 5.97 Å². The van der Waals surface area contributed by atoms with E-state index in [9.17, 15) is 4.79 Å². The molecule has 78 valence electrons. The second-order valence-electron chi connectivity index (χ2n) is 4.66. The molecule has 0 saturated carbocycles. The standard InChI is InChI=1S/C10H21NO2/c1-8(2)7-11(5)10(3,4)6-9(12)13/h8H,6-7H2,1-5H3,(H,12,13). The molecule has 0 bridgehead atoms. The van der Waals surface area contributed by atoms with E-state index in [-0.39, 0.29) is 12.0 Å². The highest BCUT2D eigenvalue weighted by Gasteiger charge is 2.26. The Labute approximate surface area is 80.7 Å². The molecule has 0 aromatic rings. The Bertz CT molecular complexity index is 176. The lowest BCUT2D eigenvalue weighted by Gasteiger charge is -2.35. The number of nitrogens with zero attached hydrogens (tertiary/aromatic N) is 1. The summed E-state index contributed by atoms with van der Waals surface area (Å²) in [5.41, 5.74) is -0.254. The van der Waals surface area contributed by atoms with Crippen LogP contribution in [0.3, 0.4) is 0 Å². The van der Waals surface area contributed by atoms with Crippen LogP contribution in [0.4, 0.5) is 0 Å². The van der Waals surface area contributed by atoms with Gasteiger partial charge in [0.05, 0.1) is 6.42 Å². The Morgan fingerprint density at radius 1 is 1.46 bits per heavy atom. The zero-order valence-electron chi connectivity index (χ0n) is 9.29. The van der Waals surface area contributed by atoms with E-state index < -0.39 is 5.97 Å². The maximum atomic E-state index is 10.6. The second-order valence-corrected chi connectivity index (χ2v) is 4.66. The zero-order valence-corrected chi connectivity index (χ0v) is 9.29. The molecule has 0 amide bonds. The number of carbonyl (C=O) groups is 1. The van der Waals surface area contributed by atoms with Crippen molar-refractivity contribution in [2.24, 2.45) is 5.92 Å². The van der Waals surface area contributed by atoms with Gasteiger partial charge in [0.15, 0.2) is 0 Å². The van der Waals surface area contributed by atoms with Gasteiger partial charge in [0.1, 0.15) is 0 Å². The molecule has 0 heterocycles. The molecule has 0 atom stereocenters. The van der Waals surface area contributed by atoms with Crippen LogP contribution in [0, 0.1) is 5.92 Å². The molecule has 3 nitrogen and oxygen atoms in total. The van der Waals surface area contributed by atoms with Crippen molar-refractivity contribution < 1.29 is 9.90 Å². The van der Waals surface area contributed by atoms with Gasteiger partial charge in [-0.15, -0.1) is 0 Å². The largest absolute Gasteiger partial charge is 0.481 e. The van der Waals surface area contributed by atoms with Crippen molar-refractivity contribution in [3.05, 3.63) is 0 Å². The van der Waals surface area contributed by atoms with Crippen LogP contribution >= 0.6 is 0 Å². The van der Waals surface area contributed by atoms with Gasteiger partial charge in [0.25, 0.3) is 0 Å². The summed E-state index contributed by atoms with van der Waals surface area (Å²) in [6.45, 7) is 9.12. The van der Waals surface area contributed by atoms with Gasteiger partial charge < -0.3 is 10.0 Å². The maximum absolute atomic E-state index is 10.6. The van der Waals surface area contributed by atoms with Gasteiger partial charge in [0, 0.05) is 12.1 Å². The molecule has 13 heavy (non-hydrogen) atoms. The normalized spacial score (nSPS) is 12.5. The highest BCUT2D eigenvalue weighted by atomic mass is 16.4. The van der Waals surface area contributed by atoms with Crippen LogP contribution in [0.15, 0.2) is 0 Å². The molecule has 0 saturated heterocycles. The quantitative estimate of drug-likeness (QED) is 0.713. The Kier molecular flexibility index (Phi) is 4.40. The summed E-state index contributed by atoms with van der Waals surface area (Å²) < 4.78 is 0. The molecular weight excluding hydrogens is 166 g/mol. The minimum absolute atomic E-state index is 0.191. The summed E-state index contributed by atoms with van der Waals surface area (Å²) in [5.74, 6) is -0.168. The van der Waals surface area contributed by atoms with Crippen molar-refractivity contribution in [3.63, 3.8) is 0 Å². The van der Waals surface area contributed by atoms with Crippen molar-refractivity contribution in [2.75, 3.05) is 13.6 Å². The van der Waals surface area contributed by atoms with Gasteiger partial charge in [-0.2, -0.15) is 0 Å². The molecular formula is C10H21NO2. The van der Waals surface area contributed by atoms with Gasteiger partial charge in [-0.1, -0.05) is 13.8 Å². The average molecular weight is 187 g/mol. The Morgan fingerprint density at radius 3 is 2.23 bits per heavy atom. The molecule has 0 aliphatic heterocycles. The van der Waals surface area contributed by atoms with Gasteiger partial charge in [0.2, 0.25) is 0 Å². The van der Waals surface area contributed by atoms with E-state index in [1.165, 1.54) is 0 Å². The van der Waals surface area contributed by atoms with Crippen molar-refractivity contribution in [1.29, 1.82) is 0 Å². The van der Waals surface area contributed by atoms with Crippen LogP contribution in [0.2, 0.25) is 0 Å². The lowest BCUT2D eigenvalue weighted by atomic mass is 9.97. The molecule has 0 spiro atoms. The number of aliphatic carboxylic acids is 1. The van der Waals surface area contributed by atoms with Crippen molar-refractivity contribution in [2.45, 2.75) is 39.7 Å². The van der Waals surface area contributed by atoms with Crippen molar-refractivity contribution in [1.82, 2.24) is 4.90 Å². The number of rotatable bonds is 5. The average Bonchev–Trinajstić information content (AvgIpc) is 1.81. The van der Waals surface area contributed by atoms with Crippen LogP contribution in [-0.2, 0) is 4.79 Å². The first-order valence-corrected chi connectivity index (χ1v) is 4.68. The Hall–Kier alpha value is -0.570. The van der Waals surface area contributed by atoms with Crippen molar-refractivity contribution >= 4 is 5.97 Å². The SMILES string of the molecule is CC(C)CN(C)C(C)(C)CC(=O)O. The molecule has 0 rings (SSSR count). The first-order valence-electron chi connectivity index (χ1n) is 4.68. The van der Waals surface area contributed by atoms with Crippen LogP contribution < -0.4 is 0 Å². The number of hydrogen-bond acceptors (Lipinski definition) is 2. The minimum atomic E-state index is -0.736. The van der Waals surface area contributed by atoms with E-state index >= 15 is 0 Å². The van der Waals surface area contributed by atoms with E-state index in [4.69, 9.17) is 5.11 Å². The van der Waals surface area contributed by atoms with E-state index in [1.54, 1.807) is 0 Å². The molecule has 1 N–H and O–H groups in total. The number of carboxylic acids is 1. The topological polar surface area (TPSA) is 40.5 Å². The molecule has 3 heteroatoms. The summed E-state index contributed by atoms with van der Waals surface area (Å²) in [4.78, 5) is 12.7. The minimum Gasteiger partial charge on any atom is -0.481 e. The monoisotopic (exact) mass is 187 g/mol. The van der Waals surface area contributed by atoms with Crippen molar-refractivity contribution in [3.8, 4) is 0 Å². The second kappa shape index (κ2) is 4.61. The maximum Gasteiger partial charge on any atom is 0.305 e. The molecule has 0 radical (unpaired) electrons. The van der Waals surface area contributed by atoms with Gasteiger partial charge in [-0.3, -0.25) is 4.79 Å². The van der Waals surface area contributed by atoms with E-state index in [0.717, 1.165) is 6.54 Å². The fourth-order valence-electron chi connectivity index (χ4n) is 1.30. The summed E-state index contributed by atoms with van der Waals surface area (Å²) in [7, 11) is 1.98. The molecule has 0 aliphatic rings. The summed E-state index contributed by atoms with van der Waals surface area (Å²) >= 11 is 0. The highest BCUT2D eigenvalue weighted by Crippen LogP contribution is 2.18. The van der Waals surface area contributed by atoms with Crippen LogP contribution in [0.1, 0.15) is 34.1 Å². The Balaban J connectivity index is 4.17.